The zero-order valence-corrected chi connectivity index (χ0v) is 13.9. The van der Waals surface area contributed by atoms with Gasteiger partial charge >= 0.3 is 0 Å². The molecule has 0 radical (unpaired) electrons. The highest BCUT2D eigenvalue weighted by Crippen LogP contribution is 2.27. The number of rotatable bonds is 11. The Kier molecular flexibility index (Phi) is 9.12. The average molecular weight is 307 g/mol. The number of hydrogen-bond acceptors (Lipinski definition) is 6. The summed E-state index contributed by atoms with van der Waals surface area (Å²) in [5.74, 6) is 0. The van der Waals surface area contributed by atoms with Crippen LogP contribution in [0.3, 0.4) is 0 Å². The van der Waals surface area contributed by atoms with E-state index in [9.17, 15) is 14.4 Å². The Hall–Kier alpha value is -1.86. The minimum absolute atomic E-state index is 0.125. The van der Waals surface area contributed by atoms with Crippen LogP contribution in [0.15, 0.2) is 15.0 Å². The molecule has 0 heterocycles. The molecule has 22 heavy (non-hydrogen) atoms. The molecule has 0 aromatic rings. The molecule has 0 aliphatic rings. The van der Waals surface area contributed by atoms with E-state index in [1.165, 1.54) is 0 Å². The summed E-state index contributed by atoms with van der Waals surface area (Å²) in [5, 5.41) is 0. The van der Waals surface area contributed by atoms with Crippen LogP contribution in [0.4, 0.5) is 0 Å². The summed E-state index contributed by atoms with van der Waals surface area (Å²) in [5.41, 5.74) is -0.897. The molecule has 0 spiro atoms. The van der Waals surface area contributed by atoms with Crippen molar-refractivity contribution in [2.45, 2.75) is 83.3 Å². The van der Waals surface area contributed by atoms with E-state index in [1.807, 2.05) is 27.7 Å². The zero-order valence-electron chi connectivity index (χ0n) is 13.9. The van der Waals surface area contributed by atoms with Crippen molar-refractivity contribution >= 4 is 18.2 Å². The summed E-state index contributed by atoms with van der Waals surface area (Å²) >= 11 is 0. The van der Waals surface area contributed by atoms with Crippen molar-refractivity contribution in [3.05, 3.63) is 0 Å². The summed E-state index contributed by atoms with van der Waals surface area (Å²) in [4.78, 5) is 42.5. The topological polar surface area (TPSA) is 88.3 Å². The smallest absolute Gasteiger partial charge is 0.211 e. The molecule has 0 aromatic carbocycles. The fourth-order valence-corrected chi connectivity index (χ4v) is 2.26. The van der Waals surface area contributed by atoms with E-state index in [0.717, 1.165) is 25.7 Å². The molecule has 0 N–H and O–H groups in total. The summed E-state index contributed by atoms with van der Waals surface area (Å²) < 4.78 is 0. The van der Waals surface area contributed by atoms with Crippen LogP contribution in [0.2, 0.25) is 0 Å². The number of hydrogen-bond donors (Lipinski definition) is 0. The molecule has 6 nitrogen and oxygen atoms in total. The minimum Gasteiger partial charge on any atom is -0.211 e. The van der Waals surface area contributed by atoms with Gasteiger partial charge in [-0.25, -0.2) is 19.4 Å². The molecule has 0 aromatic heterocycles. The van der Waals surface area contributed by atoms with E-state index in [2.05, 4.69) is 15.0 Å². The lowest BCUT2D eigenvalue weighted by Crippen LogP contribution is -2.24. The maximum atomic E-state index is 10.6. The van der Waals surface area contributed by atoms with Crippen LogP contribution >= 0.6 is 0 Å². The van der Waals surface area contributed by atoms with E-state index < -0.39 is 11.1 Å². The van der Waals surface area contributed by atoms with Crippen LogP contribution in [0.5, 0.6) is 0 Å². The van der Waals surface area contributed by atoms with Crippen molar-refractivity contribution in [1.82, 2.24) is 0 Å². The zero-order chi connectivity index (χ0) is 17.1. The normalized spacial score (nSPS) is 14.7. The molecule has 2 unspecified atom stereocenters. The van der Waals surface area contributed by atoms with Gasteiger partial charge in [0.15, 0.2) is 0 Å². The van der Waals surface area contributed by atoms with Gasteiger partial charge < -0.3 is 0 Å². The summed E-state index contributed by atoms with van der Waals surface area (Å²) in [6, 6.07) is -0.125. The second kappa shape index (κ2) is 9.97. The molecule has 0 aliphatic carbocycles. The first kappa shape index (κ1) is 20.1. The predicted octanol–water partition coefficient (Wildman–Crippen LogP) is 3.26. The molecular weight excluding hydrogens is 282 g/mol. The third-order valence-electron chi connectivity index (χ3n) is 3.79. The first-order valence-electron chi connectivity index (χ1n) is 7.53. The van der Waals surface area contributed by atoms with Gasteiger partial charge in [-0.2, -0.15) is 9.98 Å². The second-order valence-electron chi connectivity index (χ2n) is 6.53. The Bertz CT molecular complexity index is 485. The Morgan fingerprint density at radius 2 is 1.45 bits per heavy atom. The lowest BCUT2D eigenvalue weighted by molar-refractivity contribution is 0.351. The van der Waals surface area contributed by atoms with Gasteiger partial charge in [-0.1, -0.05) is 12.8 Å². The minimum atomic E-state index is -0.494. The van der Waals surface area contributed by atoms with E-state index in [4.69, 9.17) is 0 Å². The number of isocyanates is 3. The number of nitrogens with zero attached hydrogens (tertiary/aromatic N) is 3. The monoisotopic (exact) mass is 307 g/mol. The van der Waals surface area contributed by atoms with Crippen molar-refractivity contribution in [3.63, 3.8) is 0 Å². The number of unbranched alkanes of at least 4 members (excludes halogenated alkanes) is 1. The van der Waals surface area contributed by atoms with Crippen molar-refractivity contribution in [3.8, 4) is 0 Å². The first-order chi connectivity index (χ1) is 10.3. The molecule has 2 atom stereocenters. The lowest BCUT2D eigenvalue weighted by atomic mass is 9.87. The Morgan fingerprint density at radius 3 is 2.00 bits per heavy atom. The molecule has 0 aliphatic heterocycles. The summed E-state index contributed by atoms with van der Waals surface area (Å²) in [7, 11) is 0. The van der Waals surface area contributed by atoms with Gasteiger partial charge in [0.05, 0.1) is 17.1 Å². The molecule has 122 valence electrons. The first-order valence-corrected chi connectivity index (χ1v) is 7.53. The SMILES string of the molecule is CC(CCC(C)(CCCCC(C)(C)N=C=O)N=C=O)N=C=O. The van der Waals surface area contributed by atoms with Crippen LogP contribution in [-0.4, -0.2) is 35.4 Å². The average Bonchev–Trinajstić information content (AvgIpc) is 2.42. The van der Waals surface area contributed by atoms with Crippen molar-refractivity contribution in [2.75, 3.05) is 0 Å². The van der Waals surface area contributed by atoms with Gasteiger partial charge in [0.1, 0.15) is 0 Å². The van der Waals surface area contributed by atoms with Gasteiger partial charge in [-0.3, -0.25) is 0 Å². The van der Waals surface area contributed by atoms with Gasteiger partial charge in [-0.15, -0.1) is 0 Å². The maximum Gasteiger partial charge on any atom is 0.235 e. The van der Waals surface area contributed by atoms with Crippen LogP contribution in [0, 0.1) is 0 Å². The molecule has 0 bridgehead atoms. The third-order valence-corrected chi connectivity index (χ3v) is 3.79. The molecule has 0 saturated heterocycles. The van der Waals surface area contributed by atoms with E-state index >= 15 is 0 Å². The molecule has 0 saturated carbocycles. The molecule has 0 rings (SSSR count). The highest BCUT2D eigenvalue weighted by Gasteiger charge is 2.24. The number of carbonyl (C=O) groups excluding carboxylic acids is 3. The van der Waals surface area contributed by atoms with Gasteiger partial charge in [0, 0.05) is 0 Å². The quantitative estimate of drug-likeness (QED) is 0.333. The second-order valence-corrected chi connectivity index (χ2v) is 6.53. The Morgan fingerprint density at radius 1 is 0.864 bits per heavy atom. The van der Waals surface area contributed by atoms with Crippen molar-refractivity contribution < 1.29 is 14.4 Å². The Labute approximate surface area is 131 Å². The van der Waals surface area contributed by atoms with E-state index in [1.54, 1.807) is 18.2 Å². The molecule has 0 amide bonds. The van der Waals surface area contributed by atoms with Crippen LogP contribution in [0.25, 0.3) is 0 Å². The predicted molar refractivity (Wildman–Crippen MR) is 84.0 cm³/mol. The van der Waals surface area contributed by atoms with Gasteiger partial charge in [0.25, 0.3) is 0 Å². The van der Waals surface area contributed by atoms with Crippen molar-refractivity contribution in [1.29, 1.82) is 0 Å². The largest absolute Gasteiger partial charge is 0.235 e. The highest BCUT2D eigenvalue weighted by atomic mass is 16.1. The molecule has 0 fully saturated rings. The standard InChI is InChI=1S/C16H25N3O3/c1-14(17-11-20)7-10-16(4,19-13-22)9-6-5-8-15(2,3)18-12-21/h14H,5-10H2,1-4H3. The van der Waals surface area contributed by atoms with Crippen molar-refractivity contribution in [2.24, 2.45) is 15.0 Å². The summed E-state index contributed by atoms with van der Waals surface area (Å²) in [6.45, 7) is 7.51. The Balaban J connectivity index is 4.42. The lowest BCUT2D eigenvalue weighted by Gasteiger charge is -2.25. The van der Waals surface area contributed by atoms with Crippen LogP contribution in [-0.2, 0) is 14.4 Å². The molecule has 6 heteroatoms. The fourth-order valence-electron chi connectivity index (χ4n) is 2.26. The summed E-state index contributed by atoms with van der Waals surface area (Å²) in [6.07, 6.45) is 9.35. The van der Waals surface area contributed by atoms with Gasteiger partial charge in [-0.05, 0) is 53.4 Å². The van der Waals surface area contributed by atoms with Crippen LogP contribution in [0.1, 0.15) is 66.2 Å². The molecular formula is C16H25N3O3. The maximum absolute atomic E-state index is 10.6. The van der Waals surface area contributed by atoms with E-state index in [0.29, 0.717) is 12.8 Å². The van der Waals surface area contributed by atoms with Crippen LogP contribution < -0.4 is 0 Å². The third kappa shape index (κ3) is 9.15. The van der Waals surface area contributed by atoms with Gasteiger partial charge in [0.2, 0.25) is 18.2 Å². The van der Waals surface area contributed by atoms with E-state index in [-0.39, 0.29) is 6.04 Å². The highest BCUT2D eigenvalue weighted by molar-refractivity contribution is 5.35. The number of aliphatic imine (C=N–C) groups is 3. The fraction of sp³-hybridized carbons (Fsp3) is 0.812.